The average molecular weight is 416 g/mol. The normalized spacial score (nSPS) is 12.2. The van der Waals surface area contributed by atoms with Crippen LogP contribution >= 0.6 is 11.6 Å². The number of esters is 1. The van der Waals surface area contributed by atoms with Crippen molar-refractivity contribution in [2.24, 2.45) is 0 Å². The van der Waals surface area contributed by atoms with Crippen LogP contribution in [-0.2, 0) is 20.5 Å². The predicted octanol–water partition coefficient (Wildman–Crippen LogP) is 4.16. The molecule has 0 bridgehead atoms. The van der Waals surface area contributed by atoms with Crippen LogP contribution in [0.15, 0.2) is 48.5 Å². The van der Waals surface area contributed by atoms with Gasteiger partial charge in [-0.05, 0) is 24.3 Å². The molecule has 2 rings (SSSR count). The average Bonchev–Trinajstić information content (AvgIpc) is 2.63. The summed E-state index contributed by atoms with van der Waals surface area (Å²) in [4.78, 5) is 23.3. The van der Waals surface area contributed by atoms with Crippen molar-refractivity contribution in [3.63, 3.8) is 0 Å². The van der Waals surface area contributed by atoms with E-state index in [0.717, 1.165) is 12.1 Å². The zero-order valence-electron chi connectivity index (χ0n) is 14.8. The van der Waals surface area contributed by atoms with E-state index in [2.05, 4.69) is 5.32 Å². The molecule has 1 amide bonds. The fourth-order valence-electron chi connectivity index (χ4n) is 2.27. The number of para-hydroxylation sites is 1. The number of hydrogen-bond donors (Lipinski definition) is 1. The summed E-state index contributed by atoms with van der Waals surface area (Å²) >= 11 is 5.83. The van der Waals surface area contributed by atoms with Gasteiger partial charge < -0.3 is 14.8 Å². The summed E-state index contributed by atoms with van der Waals surface area (Å²) in [6.45, 7) is 1.20. The Morgan fingerprint density at radius 3 is 2.36 bits per heavy atom. The lowest BCUT2D eigenvalue weighted by Crippen LogP contribution is -2.28. The van der Waals surface area contributed by atoms with Crippen LogP contribution < -0.4 is 10.1 Å². The third kappa shape index (κ3) is 6.16. The number of halogens is 4. The molecule has 0 aliphatic rings. The summed E-state index contributed by atoms with van der Waals surface area (Å²) in [5.41, 5.74) is -0.745. The van der Waals surface area contributed by atoms with Gasteiger partial charge >= 0.3 is 12.1 Å². The molecule has 150 valence electrons. The maximum absolute atomic E-state index is 13.2. The number of carbonyl (C=O) groups is 2. The van der Waals surface area contributed by atoms with E-state index >= 15 is 0 Å². The Labute approximate surface area is 164 Å². The monoisotopic (exact) mass is 415 g/mol. The number of hydrogen-bond acceptors (Lipinski definition) is 4. The maximum Gasteiger partial charge on any atom is 0.419 e. The lowest BCUT2D eigenvalue weighted by Gasteiger charge is -2.21. The minimum absolute atomic E-state index is 0.0630. The summed E-state index contributed by atoms with van der Waals surface area (Å²) in [6.07, 6.45) is -6.10. The van der Waals surface area contributed by atoms with Crippen molar-refractivity contribution in [1.29, 1.82) is 0 Å². The van der Waals surface area contributed by atoms with E-state index in [-0.39, 0.29) is 24.6 Å². The summed E-state index contributed by atoms with van der Waals surface area (Å²) in [5.74, 6) is -1.71. The van der Waals surface area contributed by atoms with E-state index in [4.69, 9.17) is 21.1 Å². The first-order chi connectivity index (χ1) is 13.2. The zero-order chi connectivity index (χ0) is 20.7. The van der Waals surface area contributed by atoms with Crippen molar-refractivity contribution in [3.05, 3.63) is 64.7 Å². The van der Waals surface area contributed by atoms with Crippen molar-refractivity contribution in [2.45, 2.75) is 19.2 Å². The maximum atomic E-state index is 13.2. The van der Waals surface area contributed by atoms with Gasteiger partial charge in [-0.15, -0.1) is 0 Å². The molecule has 0 aliphatic heterocycles. The van der Waals surface area contributed by atoms with Crippen LogP contribution in [0, 0.1) is 0 Å². The van der Waals surface area contributed by atoms with E-state index in [1.165, 1.54) is 43.3 Å². The molecule has 1 unspecified atom stereocenters. The lowest BCUT2D eigenvalue weighted by atomic mass is 10.1. The van der Waals surface area contributed by atoms with Crippen LogP contribution in [0.3, 0.4) is 0 Å². The Balaban J connectivity index is 2.26. The highest BCUT2D eigenvalue weighted by Crippen LogP contribution is 2.38. The number of carbonyl (C=O) groups excluding carboxylic acids is 2. The molecule has 5 nitrogen and oxygen atoms in total. The van der Waals surface area contributed by atoms with Crippen LogP contribution in [0.2, 0.25) is 5.02 Å². The molecule has 28 heavy (non-hydrogen) atoms. The standard InChI is InChI=1S/C19H17ClF3NO4/c1-12(25)24-10-11-27-18(26)17(13-6-8-14(20)9-7-13)28-16-5-3-2-4-15(16)19(21,22)23/h2-9,17H,10-11H2,1H3,(H,24,25). The minimum Gasteiger partial charge on any atom is -0.473 e. The molecule has 0 saturated heterocycles. The highest BCUT2D eigenvalue weighted by atomic mass is 35.5. The minimum atomic E-state index is -4.66. The Morgan fingerprint density at radius 2 is 1.75 bits per heavy atom. The second-order valence-electron chi connectivity index (χ2n) is 5.69. The number of amides is 1. The zero-order valence-corrected chi connectivity index (χ0v) is 15.5. The van der Waals surface area contributed by atoms with Gasteiger partial charge in [-0.25, -0.2) is 4.79 Å². The van der Waals surface area contributed by atoms with Gasteiger partial charge in [-0.3, -0.25) is 4.79 Å². The fraction of sp³-hybridized carbons (Fsp3) is 0.263. The lowest BCUT2D eigenvalue weighted by molar-refractivity contribution is -0.154. The number of ether oxygens (including phenoxy) is 2. The Hall–Kier alpha value is -2.74. The van der Waals surface area contributed by atoms with Crippen LogP contribution in [-0.4, -0.2) is 25.0 Å². The van der Waals surface area contributed by atoms with Crippen molar-refractivity contribution in [1.82, 2.24) is 5.32 Å². The van der Waals surface area contributed by atoms with Gasteiger partial charge in [-0.1, -0.05) is 35.9 Å². The van der Waals surface area contributed by atoms with Crippen LogP contribution in [0.25, 0.3) is 0 Å². The van der Waals surface area contributed by atoms with Gasteiger partial charge in [0.15, 0.2) is 0 Å². The Kier molecular flexibility index (Phi) is 7.28. The van der Waals surface area contributed by atoms with Gasteiger partial charge in [0.2, 0.25) is 12.0 Å². The van der Waals surface area contributed by atoms with Gasteiger partial charge in [0.1, 0.15) is 12.4 Å². The van der Waals surface area contributed by atoms with Crippen molar-refractivity contribution >= 4 is 23.5 Å². The molecule has 9 heteroatoms. The number of benzene rings is 2. The van der Waals surface area contributed by atoms with Gasteiger partial charge in [0.25, 0.3) is 0 Å². The molecule has 0 fully saturated rings. The molecule has 0 aromatic heterocycles. The van der Waals surface area contributed by atoms with E-state index in [1.54, 1.807) is 0 Å². The first kappa shape index (κ1) is 21.6. The molecule has 0 aliphatic carbocycles. The highest BCUT2D eigenvalue weighted by molar-refractivity contribution is 6.30. The summed E-state index contributed by atoms with van der Waals surface area (Å²) in [5, 5.41) is 2.83. The first-order valence-corrected chi connectivity index (χ1v) is 8.55. The van der Waals surface area contributed by atoms with Crippen LogP contribution in [0.5, 0.6) is 5.75 Å². The summed E-state index contributed by atoms with van der Waals surface area (Å²) < 4.78 is 50.1. The summed E-state index contributed by atoms with van der Waals surface area (Å²) in [7, 11) is 0. The van der Waals surface area contributed by atoms with E-state index < -0.39 is 29.6 Å². The van der Waals surface area contributed by atoms with E-state index in [0.29, 0.717) is 5.02 Å². The quantitative estimate of drug-likeness (QED) is 0.545. The van der Waals surface area contributed by atoms with Gasteiger partial charge in [0, 0.05) is 17.5 Å². The van der Waals surface area contributed by atoms with Gasteiger partial charge in [-0.2, -0.15) is 13.2 Å². The van der Waals surface area contributed by atoms with Crippen LogP contribution in [0.1, 0.15) is 24.2 Å². The number of alkyl halides is 3. The van der Waals surface area contributed by atoms with Crippen molar-refractivity contribution in [3.8, 4) is 5.75 Å². The topological polar surface area (TPSA) is 64.6 Å². The second-order valence-corrected chi connectivity index (χ2v) is 6.13. The molecular formula is C19H17ClF3NO4. The largest absolute Gasteiger partial charge is 0.473 e. The molecule has 2 aromatic carbocycles. The summed E-state index contributed by atoms with van der Waals surface area (Å²) in [6, 6.07) is 10.4. The van der Waals surface area contributed by atoms with E-state index in [1.807, 2.05) is 0 Å². The van der Waals surface area contributed by atoms with E-state index in [9.17, 15) is 22.8 Å². The first-order valence-electron chi connectivity index (χ1n) is 8.18. The smallest absolute Gasteiger partial charge is 0.419 e. The highest BCUT2D eigenvalue weighted by Gasteiger charge is 2.36. The molecule has 1 N–H and O–H groups in total. The third-order valence-corrected chi connectivity index (χ3v) is 3.80. The molecule has 0 spiro atoms. The fourth-order valence-corrected chi connectivity index (χ4v) is 2.40. The molecule has 0 heterocycles. The van der Waals surface area contributed by atoms with Crippen LogP contribution in [0.4, 0.5) is 13.2 Å². The predicted molar refractivity (Wildman–Crippen MR) is 95.9 cm³/mol. The molecular weight excluding hydrogens is 399 g/mol. The van der Waals surface area contributed by atoms with Crippen molar-refractivity contribution in [2.75, 3.05) is 13.2 Å². The SMILES string of the molecule is CC(=O)NCCOC(=O)C(Oc1ccccc1C(F)(F)F)c1ccc(Cl)cc1. The van der Waals surface area contributed by atoms with Gasteiger partial charge in [0.05, 0.1) is 12.1 Å². The third-order valence-electron chi connectivity index (χ3n) is 3.54. The molecule has 0 saturated carbocycles. The van der Waals surface area contributed by atoms with Crippen molar-refractivity contribution < 1.29 is 32.2 Å². The molecule has 2 aromatic rings. The second kappa shape index (κ2) is 9.45. The molecule has 0 radical (unpaired) electrons. The molecule has 1 atom stereocenters. The Morgan fingerprint density at radius 1 is 1.11 bits per heavy atom. The number of nitrogens with one attached hydrogen (secondary N) is 1. The Bertz CT molecular complexity index is 825. The number of rotatable bonds is 7.